The molecule has 0 amide bonds. The number of nitriles is 1. The van der Waals surface area contributed by atoms with Crippen LogP contribution in [0, 0.1) is 11.3 Å². The van der Waals surface area contributed by atoms with Crippen LogP contribution in [0.3, 0.4) is 0 Å². The molecule has 1 saturated heterocycles. The van der Waals surface area contributed by atoms with Gasteiger partial charge in [0.1, 0.15) is 23.5 Å². The Labute approximate surface area is 113 Å². The highest BCUT2D eigenvalue weighted by atomic mass is 16.5. The van der Waals surface area contributed by atoms with Gasteiger partial charge in [-0.1, -0.05) is 0 Å². The lowest BCUT2D eigenvalue weighted by Gasteiger charge is -2.24. The summed E-state index contributed by atoms with van der Waals surface area (Å²) in [7, 11) is 0. The first-order valence-corrected chi connectivity index (χ1v) is 6.45. The van der Waals surface area contributed by atoms with Gasteiger partial charge in [-0.3, -0.25) is 0 Å². The SMILES string of the molecule is CC(C)(C#N)Nc1cc(NC2CCOCC2)ncn1. The molecule has 0 saturated carbocycles. The zero-order chi connectivity index (χ0) is 13.7. The van der Waals surface area contributed by atoms with E-state index < -0.39 is 5.54 Å². The van der Waals surface area contributed by atoms with E-state index >= 15 is 0 Å². The van der Waals surface area contributed by atoms with Gasteiger partial charge in [-0.25, -0.2) is 9.97 Å². The van der Waals surface area contributed by atoms with Crippen molar-refractivity contribution in [2.45, 2.75) is 38.3 Å². The Morgan fingerprint density at radius 1 is 1.32 bits per heavy atom. The first kappa shape index (κ1) is 13.6. The Hall–Kier alpha value is -1.87. The molecule has 6 heteroatoms. The number of hydrogen-bond acceptors (Lipinski definition) is 6. The molecule has 0 unspecified atom stereocenters. The summed E-state index contributed by atoms with van der Waals surface area (Å²) in [4.78, 5) is 8.33. The molecule has 0 atom stereocenters. The number of nitrogens with one attached hydrogen (secondary N) is 2. The van der Waals surface area contributed by atoms with Crippen molar-refractivity contribution in [2.24, 2.45) is 0 Å². The van der Waals surface area contributed by atoms with Crippen LogP contribution in [-0.4, -0.2) is 34.8 Å². The van der Waals surface area contributed by atoms with Crippen molar-refractivity contribution >= 4 is 11.6 Å². The van der Waals surface area contributed by atoms with Gasteiger partial charge in [-0.2, -0.15) is 5.26 Å². The molecule has 1 aliphatic heterocycles. The van der Waals surface area contributed by atoms with Crippen molar-refractivity contribution in [3.63, 3.8) is 0 Å². The summed E-state index contributed by atoms with van der Waals surface area (Å²) in [6.07, 6.45) is 3.46. The molecule has 2 N–H and O–H groups in total. The molecule has 0 aliphatic carbocycles. The standard InChI is InChI=1S/C13H19N5O/c1-13(2,8-14)18-12-7-11(15-9-16-12)17-10-3-5-19-6-4-10/h7,9-10H,3-6H2,1-2H3,(H2,15,16,17,18). The largest absolute Gasteiger partial charge is 0.381 e. The predicted octanol–water partition coefficient (Wildman–Crippen LogP) is 1.78. The molecule has 1 fully saturated rings. The van der Waals surface area contributed by atoms with Crippen molar-refractivity contribution in [2.75, 3.05) is 23.8 Å². The molecule has 0 bridgehead atoms. The number of ether oxygens (including phenoxy) is 1. The average molecular weight is 261 g/mol. The second-order valence-electron chi connectivity index (χ2n) is 5.18. The van der Waals surface area contributed by atoms with Crippen molar-refractivity contribution in [3.8, 4) is 6.07 Å². The Kier molecular flexibility index (Phi) is 4.17. The fourth-order valence-electron chi connectivity index (χ4n) is 1.90. The van der Waals surface area contributed by atoms with Crippen molar-refractivity contribution in [1.29, 1.82) is 5.26 Å². The fraction of sp³-hybridized carbons (Fsp3) is 0.615. The molecule has 19 heavy (non-hydrogen) atoms. The number of rotatable bonds is 4. The molecule has 0 radical (unpaired) electrons. The molecule has 0 spiro atoms. The summed E-state index contributed by atoms with van der Waals surface area (Å²) in [5, 5.41) is 15.4. The van der Waals surface area contributed by atoms with E-state index in [9.17, 15) is 0 Å². The highest BCUT2D eigenvalue weighted by molar-refractivity contribution is 5.49. The monoisotopic (exact) mass is 261 g/mol. The van der Waals surface area contributed by atoms with Gasteiger partial charge in [0.2, 0.25) is 0 Å². The van der Waals surface area contributed by atoms with Gasteiger partial charge in [-0.05, 0) is 26.7 Å². The second-order valence-corrected chi connectivity index (χ2v) is 5.18. The van der Waals surface area contributed by atoms with Gasteiger partial charge < -0.3 is 15.4 Å². The second kappa shape index (κ2) is 5.85. The van der Waals surface area contributed by atoms with E-state index in [-0.39, 0.29) is 0 Å². The van der Waals surface area contributed by atoms with Gasteiger partial charge in [0.15, 0.2) is 0 Å². The lowest BCUT2D eigenvalue weighted by Crippen LogP contribution is -2.30. The summed E-state index contributed by atoms with van der Waals surface area (Å²) in [6.45, 7) is 5.19. The van der Waals surface area contributed by atoms with Crippen molar-refractivity contribution in [3.05, 3.63) is 12.4 Å². The maximum Gasteiger partial charge on any atom is 0.132 e. The molecular formula is C13H19N5O. The van der Waals surface area contributed by atoms with Crippen LogP contribution in [0.2, 0.25) is 0 Å². The van der Waals surface area contributed by atoms with Crippen LogP contribution in [-0.2, 0) is 4.74 Å². The zero-order valence-corrected chi connectivity index (χ0v) is 11.3. The quantitative estimate of drug-likeness (QED) is 0.859. The van der Waals surface area contributed by atoms with E-state index in [1.807, 2.05) is 6.07 Å². The molecular weight excluding hydrogens is 242 g/mol. The molecule has 1 aromatic heterocycles. The van der Waals surface area contributed by atoms with E-state index in [1.165, 1.54) is 6.33 Å². The molecule has 2 heterocycles. The number of hydrogen-bond donors (Lipinski definition) is 2. The highest BCUT2D eigenvalue weighted by Crippen LogP contribution is 2.17. The van der Waals surface area contributed by atoms with E-state index in [0.717, 1.165) is 31.9 Å². The molecule has 0 aromatic carbocycles. The summed E-state index contributed by atoms with van der Waals surface area (Å²) in [5.41, 5.74) is -0.649. The summed E-state index contributed by atoms with van der Waals surface area (Å²) in [6, 6.07) is 4.40. The minimum atomic E-state index is -0.649. The molecule has 6 nitrogen and oxygen atoms in total. The number of aromatic nitrogens is 2. The van der Waals surface area contributed by atoms with E-state index in [1.54, 1.807) is 13.8 Å². The van der Waals surface area contributed by atoms with Gasteiger partial charge in [0.05, 0.1) is 6.07 Å². The Balaban J connectivity index is 2.00. The Morgan fingerprint density at radius 3 is 2.68 bits per heavy atom. The lowest BCUT2D eigenvalue weighted by molar-refractivity contribution is 0.0904. The van der Waals surface area contributed by atoms with Crippen LogP contribution in [0.25, 0.3) is 0 Å². The highest BCUT2D eigenvalue weighted by Gasteiger charge is 2.18. The minimum absolute atomic E-state index is 0.389. The van der Waals surface area contributed by atoms with E-state index in [0.29, 0.717) is 11.9 Å². The summed E-state index contributed by atoms with van der Waals surface area (Å²) < 4.78 is 5.32. The Morgan fingerprint density at radius 2 is 2.00 bits per heavy atom. The topological polar surface area (TPSA) is 82.9 Å². The maximum absolute atomic E-state index is 9.00. The van der Waals surface area contributed by atoms with Crippen LogP contribution in [0.4, 0.5) is 11.6 Å². The smallest absolute Gasteiger partial charge is 0.132 e. The minimum Gasteiger partial charge on any atom is -0.381 e. The van der Waals surface area contributed by atoms with Crippen LogP contribution >= 0.6 is 0 Å². The predicted molar refractivity (Wildman–Crippen MR) is 72.8 cm³/mol. The lowest BCUT2D eigenvalue weighted by atomic mass is 10.1. The molecule has 2 rings (SSSR count). The average Bonchev–Trinajstić information content (AvgIpc) is 2.40. The summed E-state index contributed by atoms with van der Waals surface area (Å²) in [5.74, 6) is 1.43. The van der Waals surface area contributed by atoms with Gasteiger partial charge in [0, 0.05) is 25.3 Å². The summed E-state index contributed by atoms with van der Waals surface area (Å²) >= 11 is 0. The fourth-order valence-corrected chi connectivity index (χ4v) is 1.90. The van der Waals surface area contributed by atoms with Gasteiger partial charge in [-0.15, -0.1) is 0 Å². The number of nitrogens with zero attached hydrogens (tertiary/aromatic N) is 3. The van der Waals surface area contributed by atoms with E-state index in [4.69, 9.17) is 10.00 Å². The van der Waals surface area contributed by atoms with Crippen LogP contribution < -0.4 is 10.6 Å². The zero-order valence-electron chi connectivity index (χ0n) is 11.3. The van der Waals surface area contributed by atoms with Crippen LogP contribution in [0.5, 0.6) is 0 Å². The maximum atomic E-state index is 9.00. The first-order chi connectivity index (χ1) is 9.09. The first-order valence-electron chi connectivity index (χ1n) is 6.45. The van der Waals surface area contributed by atoms with Crippen molar-refractivity contribution in [1.82, 2.24) is 9.97 Å². The van der Waals surface area contributed by atoms with E-state index in [2.05, 4.69) is 26.7 Å². The third-order valence-electron chi connectivity index (χ3n) is 2.96. The Bertz CT molecular complexity index is 462. The molecule has 1 aliphatic rings. The molecule has 1 aromatic rings. The van der Waals surface area contributed by atoms with Gasteiger partial charge in [0.25, 0.3) is 0 Å². The number of anilines is 2. The van der Waals surface area contributed by atoms with Crippen molar-refractivity contribution < 1.29 is 4.74 Å². The third kappa shape index (κ3) is 4.07. The van der Waals surface area contributed by atoms with Gasteiger partial charge >= 0.3 is 0 Å². The molecule has 102 valence electrons. The van der Waals surface area contributed by atoms with Crippen LogP contribution in [0.15, 0.2) is 12.4 Å². The van der Waals surface area contributed by atoms with Crippen LogP contribution in [0.1, 0.15) is 26.7 Å². The third-order valence-corrected chi connectivity index (χ3v) is 2.96. The normalized spacial score (nSPS) is 16.7.